The smallest absolute Gasteiger partial charge is 0.201 e. The van der Waals surface area contributed by atoms with Crippen molar-refractivity contribution in [2.75, 3.05) is 0 Å². The molecule has 0 atom stereocenters. The third kappa shape index (κ3) is 17.0. The fourth-order valence-electron chi connectivity index (χ4n) is 10.7. The first-order valence-electron chi connectivity index (χ1n) is 33.1. The van der Waals surface area contributed by atoms with E-state index in [9.17, 15) is 0 Å². The van der Waals surface area contributed by atoms with Crippen LogP contribution >= 0.6 is 0 Å². The number of pyridine rings is 5. The second kappa shape index (κ2) is 30.9. The lowest BCUT2D eigenvalue weighted by molar-refractivity contribution is -0.661. The average Bonchev–Trinajstić information content (AvgIpc) is 0.958. The van der Waals surface area contributed by atoms with Crippen LogP contribution in [-0.2, 0) is 67.2 Å². The van der Waals surface area contributed by atoms with Crippen molar-refractivity contribution in [1.82, 2.24) is 0 Å². The lowest BCUT2D eigenvalue weighted by Crippen LogP contribution is -2.32. The van der Waals surface area contributed by atoms with Gasteiger partial charge in [-0.15, -0.1) is 0 Å². The highest BCUT2D eigenvalue weighted by Crippen LogP contribution is 2.26. The van der Waals surface area contributed by atoms with Crippen LogP contribution in [0.2, 0.25) is 0 Å². The Hall–Kier alpha value is -8.15. The van der Waals surface area contributed by atoms with Gasteiger partial charge in [-0.3, -0.25) is 0 Å². The summed E-state index contributed by atoms with van der Waals surface area (Å²) in [7, 11) is 10.2. The highest BCUT2D eigenvalue weighted by atomic mass is 14.9. The fourth-order valence-corrected chi connectivity index (χ4v) is 10.7. The van der Waals surface area contributed by atoms with Gasteiger partial charge in [0.25, 0.3) is 0 Å². The van der Waals surface area contributed by atoms with Crippen LogP contribution in [0.15, 0.2) is 189 Å². The molecular formula is C79H98N5+5. The fraction of sp³-hybridized carbons (Fsp3) is 0.304. The van der Waals surface area contributed by atoms with Gasteiger partial charge < -0.3 is 0 Å². The first kappa shape index (κ1) is 55.1. The molecule has 5 aromatic heterocycles. The molecule has 0 spiro atoms. The van der Waals surface area contributed by atoms with Crippen molar-refractivity contribution in [3.63, 3.8) is 0 Å². The monoisotopic (exact) mass is 1120 g/mol. The van der Waals surface area contributed by atoms with Gasteiger partial charge in [-0.1, -0.05) is 119 Å². The van der Waals surface area contributed by atoms with E-state index in [1.54, 1.807) is 31.3 Å². The third-order valence-corrected chi connectivity index (χ3v) is 15.8. The second-order valence-corrected chi connectivity index (χ2v) is 22.2. The van der Waals surface area contributed by atoms with Gasteiger partial charge in [0, 0.05) is 96.1 Å². The molecule has 5 heteroatoms. The van der Waals surface area contributed by atoms with Gasteiger partial charge in [-0.25, -0.2) is 22.8 Å². The summed E-state index contributed by atoms with van der Waals surface area (Å²) in [4.78, 5) is 0. The van der Waals surface area contributed by atoms with E-state index in [0.29, 0.717) is 11.1 Å². The molecule has 0 unspecified atom stereocenters. The number of nitrogens with zero attached hydrogens (tertiary/aromatic N) is 5. The molecule has 0 amide bonds. The topological polar surface area (TPSA) is 19.4 Å². The molecule has 84 heavy (non-hydrogen) atoms. The molecule has 0 aliphatic carbocycles. The molecule has 0 aliphatic rings. The molecule has 5 aromatic carbocycles. The zero-order chi connectivity index (χ0) is 67.3. The summed E-state index contributed by atoms with van der Waals surface area (Å²) in [6.45, 7) is 24.4. The van der Waals surface area contributed by atoms with Crippen molar-refractivity contribution in [3.8, 4) is 56.3 Å². The van der Waals surface area contributed by atoms with Crippen molar-refractivity contribution in [1.29, 1.82) is 0 Å². The van der Waals surface area contributed by atoms with Crippen LogP contribution in [0.3, 0.4) is 0 Å². The minimum Gasteiger partial charge on any atom is -0.201 e. The molecule has 5 heterocycles. The maximum atomic E-state index is 7.88. The summed E-state index contributed by atoms with van der Waals surface area (Å²) < 4.78 is 64.2. The van der Waals surface area contributed by atoms with Gasteiger partial charge in [-0.2, -0.15) is 0 Å². The van der Waals surface area contributed by atoms with Gasteiger partial charge in [0.2, 0.25) is 28.5 Å². The Morgan fingerprint density at radius 1 is 0.310 bits per heavy atom. The normalized spacial score (nSPS) is 12.3. The van der Waals surface area contributed by atoms with E-state index in [-0.39, 0.29) is 0 Å². The first-order chi connectivity index (χ1) is 42.8. The lowest BCUT2D eigenvalue weighted by atomic mass is 10.0. The summed E-state index contributed by atoms with van der Waals surface area (Å²) in [5.41, 5.74) is 27.7. The van der Waals surface area contributed by atoms with Crippen LogP contribution in [0, 0.1) is 62.2 Å². The predicted molar refractivity (Wildman–Crippen MR) is 355 cm³/mol. The van der Waals surface area contributed by atoms with Gasteiger partial charge in [0.1, 0.15) is 35.2 Å². The Labute approximate surface area is 517 Å². The first-order valence-corrected chi connectivity index (χ1v) is 29.6. The molecule has 0 saturated heterocycles. The quantitative estimate of drug-likeness (QED) is 0.122. The second-order valence-electron chi connectivity index (χ2n) is 22.2. The van der Waals surface area contributed by atoms with Gasteiger partial charge in [0.15, 0.2) is 31.0 Å². The van der Waals surface area contributed by atoms with Crippen LogP contribution in [0.1, 0.15) is 122 Å². The van der Waals surface area contributed by atoms with Gasteiger partial charge in [-0.05, 0) is 187 Å². The molecule has 0 saturated carbocycles. The molecule has 0 aliphatic heterocycles. The number of aryl methyl sites for hydroxylation is 19. The van der Waals surface area contributed by atoms with Crippen LogP contribution < -0.4 is 22.8 Å². The minimum atomic E-state index is -2.10. The number of rotatable bonds is 10. The zero-order valence-electron chi connectivity index (χ0n) is 60.8. The van der Waals surface area contributed by atoms with Crippen molar-refractivity contribution in [3.05, 3.63) is 267 Å². The molecule has 10 rings (SSSR count). The predicted octanol–water partition coefficient (Wildman–Crippen LogP) is 16.5. The SMILES string of the molecule is CCc1c[n+](C)c(-c2ccccc2C)cc1C.CCc1ccc(-c2ccc(C)cc2C)[n+](C)c1.CCc1ccc(-c2cccc[n+]2C)c(C)c1.[2H]C([2H])(C)c1c[n+](C)c(-c2ccccc2C)cc1C.[2H]C([2H])([2H])c1ccc(-c2ccc(C([2H])([2H])C)c[n+]2C)c(C)c1. The van der Waals surface area contributed by atoms with Crippen molar-refractivity contribution < 1.29 is 32.4 Å². The Balaban J connectivity index is 0.000000182. The third-order valence-electron chi connectivity index (χ3n) is 15.8. The van der Waals surface area contributed by atoms with Gasteiger partial charge >= 0.3 is 0 Å². The maximum Gasteiger partial charge on any atom is 0.212 e. The summed E-state index contributed by atoms with van der Waals surface area (Å²) in [6, 6.07) is 54.0. The summed E-state index contributed by atoms with van der Waals surface area (Å²) >= 11 is 0. The van der Waals surface area contributed by atoms with E-state index in [0.717, 1.165) is 52.9 Å². The van der Waals surface area contributed by atoms with Crippen LogP contribution in [0.4, 0.5) is 0 Å². The molecule has 0 radical (unpaired) electrons. The average molecular weight is 1120 g/mol. The van der Waals surface area contributed by atoms with Crippen LogP contribution in [0.25, 0.3) is 56.3 Å². The number of hydrogen-bond acceptors (Lipinski definition) is 0. The Morgan fingerprint density at radius 3 is 1.19 bits per heavy atom. The summed E-state index contributed by atoms with van der Waals surface area (Å²) in [5, 5.41) is 0. The van der Waals surface area contributed by atoms with Crippen LogP contribution in [-0.4, -0.2) is 0 Å². The molecule has 5 nitrogen and oxygen atoms in total. The van der Waals surface area contributed by atoms with Crippen molar-refractivity contribution in [2.45, 2.75) is 129 Å². The van der Waals surface area contributed by atoms with E-state index in [4.69, 9.17) is 9.60 Å². The Bertz CT molecular complexity index is 4070. The van der Waals surface area contributed by atoms with Crippen molar-refractivity contribution >= 4 is 0 Å². The summed E-state index contributed by atoms with van der Waals surface area (Å²) in [6.07, 6.45) is 10.8. The van der Waals surface area contributed by atoms with Gasteiger partial charge in [0.05, 0.1) is 0 Å². The lowest BCUT2D eigenvalue weighted by Gasteiger charge is -2.07. The Kier molecular flexibility index (Phi) is 20.3. The molecular weight excluding hydrogens is 1020 g/mol. The summed E-state index contributed by atoms with van der Waals surface area (Å²) in [5.74, 6) is 0. The number of hydrogen-bond donors (Lipinski definition) is 0. The maximum absolute atomic E-state index is 7.88. The largest absolute Gasteiger partial charge is 0.212 e. The minimum absolute atomic E-state index is 0.331. The molecule has 0 bridgehead atoms. The molecule has 10 aromatic rings. The zero-order valence-corrected chi connectivity index (χ0v) is 53.8. The highest BCUT2D eigenvalue weighted by molar-refractivity contribution is 5.65. The molecule has 0 fully saturated rings. The van der Waals surface area contributed by atoms with E-state index >= 15 is 0 Å². The van der Waals surface area contributed by atoms with Crippen LogP contribution in [0.5, 0.6) is 0 Å². The standard InChI is InChI=1S/4C16H20N.C15H18N/c2*1-5-14-7-9-16(17(4)11-14)15-8-6-12(2)10-13(15)3;2*1-5-14-11-17(4)16(10-13(14)3)15-9-7-6-8-12(15)2;1-4-13-8-9-14(12(2)11-13)15-7-5-6-10-16(15)3/h4*6-11H,5H2,1-4H3;5-11H,4H2,1-3H3/q5*+1/i2D3,5D2;;5D2;;. The number of benzene rings is 5. The van der Waals surface area contributed by atoms with Crippen molar-refractivity contribution in [2.24, 2.45) is 35.2 Å². The Morgan fingerprint density at radius 2 is 0.726 bits per heavy atom. The molecule has 0 N–H and O–H groups in total. The van der Waals surface area contributed by atoms with E-state index in [1.807, 2.05) is 67.5 Å². The van der Waals surface area contributed by atoms with E-state index in [2.05, 4.69) is 231 Å². The highest BCUT2D eigenvalue weighted by Gasteiger charge is 2.18. The van der Waals surface area contributed by atoms with E-state index < -0.39 is 19.6 Å². The van der Waals surface area contributed by atoms with E-state index in [1.165, 1.54) is 96.3 Å². The number of aromatic nitrogens is 5. The molecule has 434 valence electrons.